The first-order chi connectivity index (χ1) is 18.2. The molecule has 2 saturated heterocycles. The second kappa shape index (κ2) is 10.4. The highest BCUT2D eigenvalue weighted by atomic mass is 19.1. The summed E-state index contributed by atoms with van der Waals surface area (Å²) in [6.07, 6.45) is 4.07. The summed E-state index contributed by atoms with van der Waals surface area (Å²) in [5, 5.41) is 25.6. The molecule has 0 unspecified atom stereocenters. The van der Waals surface area contributed by atoms with Crippen molar-refractivity contribution in [2.45, 2.75) is 42.8 Å². The molecule has 0 saturated carbocycles. The highest BCUT2D eigenvalue weighted by Crippen LogP contribution is 2.45. The van der Waals surface area contributed by atoms with Crippen molar-refractivity contribution < 1.29 is 23.8 Å². The van der Waals surface area contributed by atoms with E-state index in [-0.39, 0.29) is 42.8 Å². The Labute approximate surface area is 221 Å². The van der Waals surface area contributed by atoms with E-state index in [0.717, 1.165) is 56.4 Å². The molecule has 9 heteroatoms. The highest BCUT2D eigenvalue weighted by molar-refractivity contribution is 5.91. The van der Waals surface area contributed by atoms with Crippen LogP contribution in [0.2, 0.25) is 0 Å². The Bertz CT molecular complexity index is 1250. The van der Waals surface area contributed by atoms with Gasteiger partial charge in [0.05, 0.1) is 18.3 Å². The molecule has 1 amide bonds. The number of carbonyl (C=O) groups excluding carboxylic acids is 1. The number of aliphatic hydroxyl groups excluding tert-OH is 1. The van der Waals surface area contributed by atoms with Gasteiger partial charge in [0.2, 0.25) is 5.91 Å². The van der Waals surface area contributed by atoms with Crippen molar-refractivity contribution >= 4 is 23.4 Å². The van der Waals surface area contributed by atoms with Crippen molar-refractivity contribution in [3.63, 3.8) is 0 Å². The Morgan fingerprint density at radius 3 is 2.42 bits per heavy atom. The van der Waals surface area contributed by atoms with Crippen LogP contribution in [-0.4, -0.2) is 76.9 Å². The van der Waals surface area contributed by atoms with Gasteiger partial charge in [0.1, 0.15) is 11.6 Å². The summed E-state index contributed by atoms with van der Waals surface area (Å²) in [5.74, 6) is -1.72. The largest absolute Gasteiger partial charge is 0.389 e. The third kappa shape index (κ3) is 5.30. The minimum absolute atomic E-state index is 0.0325. The van der Waals surface area contributed by atoms with Crippen LogP contribution < -0.4 is 5.32 Å². The Balaban J connectivity index is 1.12. The van der Waals surface area contributed by atoms with Gasteiger partial charge >= 0.3 is 0 Å². The molecule has 0 aromatic heterocycles. The van der Waals surface area contributed by atoms with E-state index in [0.29, 0.717) is 12.2 Å². The van der Waals surface area contributed by atoms with Gasteiger partial charge < -0.3 is 25.3 Å². The number of β-amino-alcohol motifs (C(OH)–C–C–N with tert-alkyl or cyclic N) is 1. The van der Waals surface area contributed by atoms with Crippen LogP contribution in [0.5, 0.6) is 0 Å². The standard InChI is InChI=1S/C29H32F2N4O3/c1-32-23-3-4-24-25(17-23)33-19-28(24)6-10-34(11-7-28)18-26(36)29(38)8-12-35(13-9-29)27(37)5-2-20-14-21(30)16-22(31)15-20/h2-5,14-17,26,33,36,38H,6-13,18-19H2/t26-/m1/s1. The number of piperidine rings is 2. The van der Waals surface area contributed by atoms with Crippen LogP contribution in [0.4, 0.5) is 20.2 Å². The average Bonchev–Trinajstić information content (AvgIpc) is 3.25. The van der Waals surface area contributed by atoms with Crippen molar-refractivity contribution in [2.24, 2.45) is 0 Å². The van der Waals surface area contributed by atoms with E-state index in [1.165, 1.54) is 17.7 Å². The second-order valence-corrected chi connectivity index (χ2v) is 10.8. The third-order valence-electron chi connectivity index (χ3n) is 8.43. The predicted octanol–water partition coefficient (Wildman–Crippen LogP) is 3.70. The smallest absolute Gasteiger partial charge is 0.246 e. The maximum Gasteiger partial charge on any atom is 0.246 e. The topological polar surface area (TPSA) is 80.4 Å². The molecule has 7 nitrogen and oxygen atoms in total. The van der Waals surface area contributed by atoms with E-state index >= 15 is 0 Å². The number of benzene rings is 2. The molecule has 3 N–H and O–H groups in total. The lowest BCUT2D eigenvalue weighted by Gasteiger charge is -2.44. The molecule has 3 aliphatic heterocycles. The van der Waals surface area contributed by atoms with Gasteiger partial charge in [-0.25, -0.2) is 13.6 Å². The zero-order valence-corrected chi connectivity index (χ0v) is 21.2. The van der Waals surface area contributed by atoms with Crippen molar-refractivity contribution in [3.05, 3.63) is 76.7 Å². The zero-order chi connectivity index (χ0) is 26.9. The number of likely N-dealkylation sites (tertiary alicyclic amines) is 2. The van der Waals surface area contributed by atoms with Gasteiger partial charge in [-0.3, -0.25) is 4.79 Å². The summed E-state index contributed by atoms with van der Waals surface area (Å²) in [6.45, 7) is 10.6. The molecule has 2 fully saturated rings. The van der Waals surface area contributed by atoms with Gasteiger partial charge in [-0.15, -0.1) is 0 Å². The van der Waals surface area contributed by atoms with Crippen LogP contribution in [0.3, 0.4) is 0 Å². The van der Waals surface area contributed by atoms with E-state index in [1.54, 1.807) is 4.90 Å². The number of nitrogens with one attached hydrogen (secondary N) is 1. The highest BCUT2D eigenvalue weighted by Gasteiger charge is 2.44. The van der Waals surface area contributed by atoms with Crippen molar-refractivity contribution in [1.29, 1.82) is 0 Å². The van der Waals surface area contributed by atoms with Gasteiger partial charge in [-0.05, 0) is 74.2 Å². The van der Waals surface area contributed by atoms with Gasteiger partial charge in [0, 0.05) is 49.4 Å². The van der Waals surface area contributed by atoms with Crippen LogP contribution >= 0.6 is 0 Å². The van der Waals surface area contributed by atoms with Crippen LogP contribution in [0.25, 0.3) is 10.9 Å². The van der Waals surface area contributed by atoms with Gasteiger partial charge in [-0.2, -0.15) is 0 Å². The molecule has 5 rings (SSSR count). The summed E-state index contributed by atoms with van der Waals surface area (Å²) in [5.41, 5.74) is 1.95. The maximum absolute atomic E-state index is 13.4. The number of hydrogen-bond donors (Lipinski definition) is 3. The molecule has 1 atom stereocenters. The molecule has 200 valence electrons. The van der Waals surface area contributed by atoms with Crippen LogP contribution in [0.15, 0.2) is 42.5 Å². The number of aliphatic hydroxyl groups is 2. The minimum atomic E-state index is -1.28. The molecule has 1 spiro atoms. The fraction of sp³-hybridized carbons (Fsp3) is 0.448. The van der Waals surface area contributed by atoms with E-state index in [1.807, 2.05) is 12.1 Å². The van der Waals surface area contributed by atoms with Crippen LogP contribution in [-0.2, 0) is 10.2 Å². The van der Waals surface area contributed by atoms with E-state index in [4.69, 9.17) is 6.57 Å². The fourth-order valence-electron chi connectivity index (χ4n) is 5.99. The first kappa shape index (κ1) is 26.3. The summed E-state index contributed by atoms with van der Waals surface area (Å²) >= 11 is 0. The number of amides is 1. The number of carbonyl (C=O) groups is 1. The van der Waals surface area contributed by atoms with Gasteiger partial charge in [0.25, 0.3) is 0 Å². The van der Waals surface area contributed by atoms with Crippen LogP contribution in [0, 0.1) is 18.2 Å². The Morgan fingerprint density at radius 2 is 1.76 bits per heavy atom. The van der Waals surface area contributed by atoms with Crippen molar-refractivity contribution in [3.8, 4) is 0 Å². The molecular weight excluding hydrogens is 490 g/mol. The SMILES string of the molecule is [C-]#[N+]c1ccc2c(c1)NCC21CCN(C[C@@H](O)C2(O)CCN(C(=O)C=Cc3cc(F)cc(F)c3)CC2)CC1. The molecule has 0 bridgehead atoms. The molecule has 0 aliphatic carbocycles. The predicted molar refractivity (Wildman–Crippen MR) is 141 cm³/mol. The molecule has 3 aliphatic rings. The first-order valence-corrected chi connectivity index (χ1v) is 13.0. The Morgan fingerprint density at radius 1 is 1.08 bits per heavy atom. The molecule has 3 heterocycles. The molecule has 0 radical (unpaired) electrons. The normalized spacial score (nSPS) is 21.2. The number of anilines is 1. The van der Waals surface area contributed by atoms with E-state index < -0.39 is 23.3 Å². The number of rotatable bonds is 5. The monoisotopic (exact) mass is 522 g/mol. The van der Waals surface area contributed by atoms with Crippen LogP contribution in [0.1, 0.15) is 36.8 Å². The summed E-state index contributed by atoms with van der Waals surface area (Å²) in [7, 11) is 0. The quantitative estimate of drug-likeness (QED) is 0.412. The van der Waals surface area contributed by atoms with E-state index in [2.05, 4.69) is 21.1 Å². The van der Waals surface area contributed by atoms with Gasteiger partial charge in [0.15, 0.2) is 5.69 Å². The summed E-state index contributed by atoms with van der Waals surface area (Å²) in [4.78, 5) is 19.8. The summed E-state index contributed by atoms with van der Waals surface area (Å²) in [6, 6.07) is 8.92. The zero-order valence-electron chi connectivity index (χ0n) is 21.2. The number of halogens is 2. The number of fused-ring (bicyclic) bond motifs is 2. The second-order valence-electron chi connectivity index (χ2n) is 10.8. The third-order valence-corrected chi connectivity index (χ3v) is 8.43. The maximum atomic E-state index is 13.4. The molecule has 2 aromatic rings. The van der Waals surface area contributed by atoms with Crippen molar-refractivity contribution in [2.75, 3.05) is 44.6 Å². The Hall–Kier alpha value is -3.32. The average molecular weight is 523 g/mol. The molecule has 2 aromatic carbocycles. The lowest BCUT2D eigenvalue weighted by Crippen LogP contribution is -2.56. The first-order valence-electron chi connectivity index (χ1n) is 13.0. The van der Waals surface area contributed by atoms with Crippen molar-refractivity contribution in [1.82, 2.24) is 9.80 Å². The lowest BCUT2D eigenvalue weighted by molar-refractivity contribution is -0.140. The molecular formula is C29H32F2N4O3. The molecule has 38 heavy (non-hydrogen) atoms. The fourth-order valence-corrected chi connectivity index (χ4v) is 5.99. The number of hydrogen-bond acceptors (Lipinski definition) is 5. The van der Waals surface area contributed by atoms with Gasteiger partial charge in [-0.1, -0.05) is 12.1 Å². The number of nitrogens with zero attached hydrogens (tertiary/aromatic N) is 3. The lowest BCUT2D eigenvalue weighted by atomic mass is 9.74. The Kier molecular flexibility index (Phi) is 7.23. The minimum Gasteiger partial charge on any atom is -0.389 e. The summed E-state index contributed by atoms with van der Waals surface area (Å²) < 4.78 is 26.7. The van der Waals surface area contributed by atoms with E-state index in [9.17, 15) is 23.8 Å².